The van der Waals surface area contributed by atoms with Crippen molar-refractivity contribution in [2.45, 2.75) is 25.7 Å². The zero-order chi connectivity index (χ0) is 12.9. The smallest absolute Gasteiger partial charge is 0.311 e. The van der Waals surface area contributed by atoms with Crippen molar-refractivity contribution in [3.8, 4) is 0 Å². The van der Waals surface area contributed by atoms with Crippen molar-refractivity contribution in [2.75, 3.05) is 0 Å². The lowest BCUT2D eigenvalue weighted by molar-refractivity contribution is -0.140. The molecule has 0 saturated carbocycles. The molecule has 1 aromatic rings. The summed E-state index contributed by atoms with van der Waals surface area (Å²) >= 11 is 0. The Labute approximate surface area is 107 Å². The molecule has 0 aromatic heterocycles. The van der Waals surface area contributed by atoms with Gasteiger partial charge in [0, 0.05) is 5.41 Å². The summed E-state index contributed by atoms with van der Waals surface area (Å²) in [6, 6.07) is 8.25. The van der Waals surface area contributed by atoms with E-state index in [2.05, 4.69) is 32.1 Å². The maximum Gasteiger partial charge on any atom is 0.311 e. The standard InChI is InChI=1S/C16H16O2/c1-16(2)13-9-4-3-6-10(13)11-7-5-8-12(14(11)16)15(17)18/h3-7,9,12H,8H2,1-2H3,(H,17,18). The van der Waals surface area contributed by atoms with Gasteiger partial charge in [0.05, 0.1) is 5.92 Å². The van der Waals surface area contributed by atoms with E-state index >= 15 is 0 Å². The van der Waals surface area contributed by atoms with E-state index in [-0.39, 0.29) is 11.3 Å². The summed E-state index contributed by atoms with van der Waals surface area (Å²) < 4.78 is 0. The lowest BCUT2D eigenvalue weighted by atomic mass is 9.73. The minimum Gasteiger partial charge on any atom is -0.481 e. The molecule has 0 radical (unpaired) electrons. The number of aliphatic carboxylic acids is 1. The van der Waals surface area contributed by atoms with Crippen molar-refractivity contribution >= 4 is 11.5 Å². The first-order valence-electron chi connectivity index (χ1n) is 6.27. The molecule has 1 atom stereocenters. The molecule has 1 aromatic carbocycles. The third-order valence-electron chi connectivity index (χ3n) is 4.16. The number of fused-ring (bicyclic) bond motifs is 2. The predicted molar refractivity (Wildman–Crippen MR) is 71.3 cm³/mol. The molecule has 0 bridgehead atoms. The quantitative estimate of drug-likeness (QED) is 0.817. The summed E-state index contributed by atoms with van der Waals surface area (Å²) in [4.78, 5) is 11.5. The van der Waals surface area contributed by atoms with Gasteiger partial charge in [-0.2, -0.15) is 0 Å². The second-order valence-corrected chi connectivity index (χ2v) is 5.53. The lowest BCUT2D eigenvalue weighted by Crippen LogP contribution is -2.28. The summed E-state index contributed by atoms with van der Waals surface area (Å²) in [5, 5.41) is 9.43. The average Bonchev–Trinajstić information content (AvgIpc) is 2.60. The Kier molecular flexibility index (Phi) is 2.24. The molecular formula is C16H16O2. The van der Waals surface area contributed by atoms with Crippen LogP contribution in [0.3, 0.4) is 0 Å². The van der Waals surface area contributed by atoms with Crippen molar-refractivity contribution in [2.24, 2.45) is 5.92 Å². The van der Waals surface area contributed by atoms with E-state index in [4.69, 9.17) is 0 Å². The second-order valence-electron chi connectivity index (χ2n) is 5.53. The Hall–Kier alpha value is -1.83. The highest BCUT2D eigenvalue weighted by Crippen LogP contribution is 2.51. The number of hydrogen-bond donors (Lipinski definition) is 1. The summed E-state index contributed by atoms with van der Waals surface area (Å²) in [6.45, 7) is 4.26. The summed E-state index contributed by atoms with van der Waals surface area (Å²) in [5.41, 5.74) is 4.44. The minimum absolute atomic E-state index is 0.181. The molecule has 0 fully saturated rings. The molecule has 18 heavy (non-hydrogen) atoms. The van der Waals surface area contributed by atoms with E-state index in [1.54, 1.807) is 0 Å². The van der Waals surface area contributed by atoms with Gasteiger partial charge < -0.3 is 5.11 Å². The van der Waals surface area contributed by atoms with Crippen LogP contribution < -0.4 is 0 Å². The fourth-order valence-electron chi connectivity index (χ4n) is 3.36. The molecular weight excluding hydrogens is 224 g/mol. The van der Waals surface area contributed by atoms with Crippen LogP contribution >= 0.6 is 0 Å². The van der Waals surface area contributed by atoms with E-state index in [1.165, 1.54) is 11.1 Å². The van der Waals surface area contributed by atoms with Gasteiger partial charge >= 0.3 is 5.97 Å². The summed E-state index contributed by atoms with van der Waals surface area (Å²) in [7, 11) is 0. The number of hydrogen-bond acceptors (Lipinski definition) is 1. The van der Waals surface area contributed by atoms with Gasteiger partial charge in [-0.25, -0.2) is 0 Å². The van der Waals surface area contributed by atoms with E-state index in [0.29, 0.717) is 6.42 Å². The molecule has 0 amide bonds. The van der Waals surface area contributed by atoms with E-state index < -0.39 is 5.97 Å². The molecule has 1 unspecified atom stereocenters. The molecule has 0 saturated heterocycles. The first kappa shape index (κ1) is 11.3. The van der Waals surface area contributed by atoms with Crippen LogP contribution in [0, 0.1) is 5.92 Å². The van der Waals surface area contributed by atoms with Gasteiger partial charge in [-0.15, -0.1) is 0 Å². The first-order valence-corrected chi connectivity index (χ1v) is 6.27. The lowest BCUT2D eigenvalue weighted by Gasteiger charge is -2.29. The zero-order valence-electron chi connectivity index (χ0n) is 10.6. The van der Waals surface area contributed by atoms with Crippen LogP contribution in [0.4, 0.5) is 0 Å². The Bertz CT molecular complexity index is 591. The Morgan fingerprint density at radius 3 is 2.78 bits per heavy atom. The largest absolute Gasteiger partial charge is 0.481 e. The molecule has 92 valence electrons. The van der Waals surface area contributed by atoms with Gasteiger partial charge in [0.2, 0.25) is 0 Å². The highest BCUT2D eigenvalue weighted by atomic mass is 16.4. The van der Waals surface area contributed by atoms with Crippen molar-refractivity contribution in [1.29, 1.82) is 0 Å². The van der Waals surface area contributed by atoms with Crippen LogP contribution in [0.25, 0.3) is 5.57 Å². The molecule has 0 spiro atoms. The molecule has 2 nitrogen and oxygen atoms in total. The first-order chi connectivity index (χ1) is 8.53. The fourth-order valence-corrected chi connectivity index (χ4v) is 3.36. The monoisotopic (exact) mass is 240 g/mol. The summed E-state index contributed by atoms with van der Waals surface area (Å²) in [5.74, 6) is -1.10. The number of benzene rings is 1. The van der Waals surface area contributed by atoms with Crippen LogP contribution in [0.15, 0.2) is 42.0 Å². The maximum atomic E-state index is 11.5. The van der Waals surface area contributed by atoms with Crippen molar-refractivity contribution in [1.82, 2.24) is 0 Å². The molecule has 0 heterocycles. The molecule has 3 rings (SSSR count). The maximum absolute atomic E-state index is 11.5. The van der Waals surface area contributed by atoms with Gasteiger partial charge in [-0.05, 0) is 28.7 Å². The predicted octanol–water partition coefficient (Wildman–Crippen LogP) is 3.39. The summed E-state index contributed by atoms with van der Waals surface area (Å²) in [6.07, 6.45) is 4.67. The Balaban J connectivity index is 2.26. The normalized spacial score (nSPS) is 23.8. The van der Waals surface area contributed by atoms with Gasteiger partial charge in [0.25, 0.3) is 0 Å². The number of carbonyl (C=O) groups is 1. The van der Waals surface area contributed by atoms with Crippen LogP contribution in [0.2, 0.25) is 0 Å². The number of rotatable bonds is 1. The van der Waals surface area contributed by atoms with Crippen LogP contribution in [0.1, 0.15) is 31.4 Å². The average molecular weight is 240 g/mol. The topological polar surface area (TPSA) is 37.3 Å². The molecule has 2 heteroatoms. The molecule has 0 aliphatic heterocycles. The van der Waals surface area contributed by atoms with Gasteiger partial charge in [-0.1, -0.05) is 50.3 Å². The highest BCUT2D eigenvalue weighted by molar-refractivity contribution is 5.92. The van der Waals surface area contributed by atoms with Crippen LogP contribution in [-0.2, 0) is 10.2 Å². The van der Waals surface area contributed by atoms with E-state index in [1.807, 2.05) is 18.2 Å². The van der Waals surface area contributed by atoms with E-state index in [9.17, 15) is 9.90 Å². The number of carboxylic acid groups (broad SMARTS) is 1. The molecule has 1 N–H and O–H groups in total. The Morgan fingerprint density at radius 2 is 2.06 bits per heavy atom. The van der Waals surface area contributed by atoms with Crippen molar-refractivity contribution in [3.05, 3.63) is 53.1 Å². The second kappa shape index (κ2) is 3.58. The molecule has 2 aliphatic carbocycles. The number of allylic oxidation sites excluding steroid dienone is 3. The third kappa shape index (κ3) is 1.32. The number of carboxylic acids is 1. The van der Waals surface area contributed by atoms with Gasteiger partial charge in [-0.3, -0.25) is 4.79 Å². The van der Waals surface area contributed by atoms with Crippen LogP contribution in [0.5, 0.6) is 0 Å². The van der Waals surface area contributed by atoms with Crippen LogP contribution in [-0.4, -0.2) is 11.1 Å². The molecule has 2 aliphatic rings. The van der Waals surface area contributed by atoms with Crippen molar-refractivity contribution in [3.63, 3.8) is 0 Å². The van der Waals surface area contributed by atoms with E-state index in [0.717, 1.165) is 11.1 Å². The third-order valence-corrected chi connectivity index (χ3v) is 4.16. The fraction of sp³-hybridized carbons (Fsp3) is 0.312. The Morgan fingerprint density at radius 1 is 1.33 bits per heavy atom. The van der Waals surface area contributed by atoms with Crippen molar-refractivity contribution < 1.29 is 9.90 Å². The highest BCUT2D eigenvalue weighted by Gasteiger charge is 2.43. The zero-order valence-corrected chi connectivity index (χ0v) is 10.6. The van der Waals surface area contributed by atoms with Gasteiger partial charge in [0.1, 0.15) is 0 Å². The minimum atomic E-state index is -0.715. The van der Waals surface area contributed by atoms with Gasteiger partial charge in [0.15, 0.2) is 0 Å². The SMILES string of the molecule is CC1(C)C2=C(C=CCC2C(=O)O)c2ccccc21.